The summed E-state index contributed by atoms with van der Waals surface area (Å²) in [4.78, 5) is 12.3. The summed E-state index contributed by atoms with van der Waals surface area (Å²) < 4.78 is 20.8. The normalized spacial score (nSPS) is 11.0. The van der Waals surface area contributed by atoms with Gasteiger partial charge in [-0.2, -0.15) is 5.10 Å². The minimum Gasteiger partial charge on any atom is -0.497 e. The summed E-state index contributed by atoms with van der Waals surface area (Å²) in [6.45, 7) is 0. The average molecular weight is 462 g/mol. The smallest absolute Gasteiger partial charge is 0.250 e. The molecule has 4 aromatic rings. The molecule has 0 saturated heterocycles. The third-order valence-corrected chi connectivity index (χ3v) is 5.56. The molecule has 0 atom stereocenters. The number of carbonyl (C=O) groups excluding carboxylic acids is 1. The molecule has 4 rings (SSSR count). The van der Waals surface area contributed by atoms with Crippen LogP contribution >= 0.6 is 11.8 Å². The van der Waals surface area contributed by atoms with Crippen LogP contribution in [0.15, 0.2) is 89.1 Å². The second-order valence-electron chi connectivity index (χ2n) is 6.81. The quantitative estimate of drug-likeness (QED) is 0.240. The SMILES string of the molecule is COc1ccc(-c2nnc(SCC(=O)N/N=C\c3ccccc3F)n2-c2ccccc2)cc1. The summed E-state index contributed by atoms with van der Waals surface area (Å²) in [5.41, 5.74) is 4.43. The number of nitrogens with zero attached hydrogens (tertiary/aromatic N) is 4. The topological polar surface area (TPSA) is 81.4 Å². The lowest BCUT2D eigenvalue weighted by Crippen LogP contribution is -2.20. The molecule has 0 radical (unpaired) electrons. The average Bonchev–Trinajstić information content (AvgIpc) is 3.28. The van der Waals surface area contributed by atoms with E-state index in [-0.39, 0.29) is 11.7 Å². The number of rotatable bonds is 8. The minimum atomic E-state index is -0.410. The zero-order chi connectivity index (χ0) is 23.0. The van der Waals surface area contributed by atoms with E-state index in [1.165, 1.54) is 24.0 Å². The van der Waals surface area contributed by atoms with Gasteiger partial charge in [-0.1, -0.05) is 48.2 Å². The Morgan fingerprint density at radius 3 is 2.52 bits per heavy atom. The van der Waals surface area contributed by atoms with E-state index in [9.17, 15) is 9.18 Å². The van der Waals surface area contributed by atoms with Gasteiger partial charge in [-0.3, -0.25) is 9.36 Å². The van der Waals surface area contributed by atoms with E-state index in [0.29, 0.717) is 16.5 Å². The number of ether oxygens (including phenoxy) is 1. The number of benzene rings is 3. The molecule has 1 amide bonds. The van der Waals surface area contributed by atoms with Gasteiger partial charge in [0.2, 0.25) is 0 Å². The van der Waals surface area contributed by atoms with Crippen molar-refractivity contribution in [2.24, 2.45) is 5.10 Å². The Labute approximate surface area is 194 Å². The fourth-order valence-electron chi connectivity index (χ4n) is 3.02. The van der Waals surface area contributed by atoms with Crippen LogP contribution in [-0.2, 0) is 4.79 Å². The molecule has 9 heteroatoms. The highest BCUT2D eigenvalue weighted by Gasteiger charge is 2.17. The maximum absolute atomic E-state index is 13.6. The van der Waals surface area contributed by atoms with Gasteiger partial charge in [-0.15, -0.1) is 10.2 Å². The predicted molar refractivity (Wildman–Crippen MR) is 126 cm³/mol. The molecule has 3 aromatic carbocycles. The molecule has 0 saturated carbocycles. The molecule has 1 aromatic heterocycles. The molecule has 1 N–H and O–H groups in total. The molecule has 33 heavy (non-hydrogen) atoms. The number of para-hydroxylation sites is 1. The van der Waals surface area contributed by atoms with Crippen molar-refractivity contribution < 1.29 is 13.9 Å². The van der Waals surface area contributed by atoms with Crippen molar-refractivity contribution in [2.75, 3.05) is 12.9 Å². The van der Waals surface area contributed by atoms with E-state index >= 15 is 0 Å². The fraction of sp³-hybridized carbons (Fsp3) is 0.0833. The molecule has 0 bridgehead atoms. The van der Waals surface area contributed by atoms with Gasteiger partial charge in [0.25, 0.3) is 5.91 Å². The molecular weight excluding hydrogens is 441 g/mol. The van der Waals surface area contributed by atoms with Crippen LogP contribution in [0.4, 0.5) is 4.39 Å². The van der Waals surface area contributed by atoms with Gasteiger partial charge < -0.3 is 4.74 Å². The van der Waals surface area contributed by atoms with Crippen molar-refractivity contribution in [1.82, 2.24) is 20.2 Å². The van der Waals surface area contributed by atoms with Crippen molar-refractivity contribution in [2.45, 2.75) is 5.16 Å². The number of hydrazone groups is 1. The number of amides is 1. The molecule has 0 spiro atoms. The van der Waals surface area contributed by atoms with Crippen molar-refractivity contribution in [3.63, 3.8) is 0 Å². The Morgan fingerprint density at radius 2 is 1.79 bits per heavy atom. The highest BCUT2D eigenvalue weighted by atomic mass is 32.2. The molecule has 0 aliphatic heterocycles. The Kier molecular flexibility index (Phi) is 7.11. The molecule has 0 unspecified atom stereocenters. The number of carbonyl (C=O) groups is 1. The van der Waals surface area contributed by atoms with Gasteiger partial charge in [0, 0.05) is 16.8 Å². The van der Waals surface area contributed by atoms with E-state index in [2.05, 4.69) is 20.7 Å². The van der Waals surface area contributed by atoms with E-state index in [0.717, 1.165) is 17.0 Å². The Hall–Kier alpha value is -3.98. The van der Waals surface area contributed by atoms with Crippen molar-refractivity contribution >= 4 is 23.9 Å². The molecular formula is C24H20FN5O2S. The number of methoxy groups -OCH3 is 1. The second-order valence-corrected chi connectivity index (χ2v) is 7.75. The molecule has 1 heterocycles. The maximum Gasteiger partial charge on any atom is 0.250 e. The number of hydrogen-bond acceptors (Lipinski definition) is 6. The number of nitrogens with one attached hydrogen (secondary N) is 1. The van der Waals surface area contributed by atoms with Crippen LogP contribution < -0.4 is 10.2 Å². The lowest BCUT2D eigenvalue weighted by Gasteiger charge is -2.10. The summed E-state index contributed by atoms with van der Waals surface area (Å²) in [5, 5.41) is 13.0. The first-order valence-electron chi connectivity index (χ1n) is 10.00. The van der Waals surface area contributed by atoms with Crippen LogP contribution in [0.2, 0.25) is 0 Å². The Balaban J connectivity index is 1.51. The molecule has 0 fully saturated rings. The largest absolute Gasteiger partial charge is 0.497 e. The second kappa shape index (κ2) is 10.6. The number of hydrogen-bond donors (Lipinski definition) is 1. The predicted octanol–water partition coefficient (Wildman–Crippen LogP) is 4.32. The fourth-order valence-corrected chi connectivity index (χ4v) is 3.76. The monoisotopic (exact) mass is 461 g/mol. The first-order valence-corrected chi connectivity index (χ1v) is 11.0. The highest BCUT2D eigenvalue weighted by molar-refractivity contribution is 7.99. The van der Waals surface area contributed by atoms with Crippen LogP contribution in [0.5, 0.6) is 5.75 Å². The van der Waals surface area contributed by atoms with E-state index in [1.807, 2.05) is 59.2 Å². The lowest BCUT2D eigenvalue weighted by molar-refractivity contribution is -0.118. The van der Waals surface area contributed by atoms with Crippen molar-refractivity contribution in [1.29, 1.82) is 0 Å². The Bertz CT molecular complexity index is 1260. The number of aromatic nitrogens is 3. The Morgan fingerprint density at radius 1 is 1.06 bits per heavy atom. The zero-order valence-corrected chi connectivity index (χ0v) is 18.5. The van der Waals surface area contributed by atoms with Crippen molar-refractivity contribution in [3.05, 3.63) is 90.2 Å². The standard InChI is InChI=1S/C24H20FN5O2S/c1-32-20-13-11-17(12-14-20)23-28-29-24(30(23)19-8-3-2-4-9-19)33-16-22(31)27-26-15-18-7-5-6-10-21(18)25/h2-15H,16H2,1H3,(H,27,31)/b26-15-. The van der Waals surface area contributed by atoms with Gasteiger partial charge in [-0.05, 0) is 42.5 Å². The zero-order valence-electron chi connectivity index (χ0n) is 17.7. The van der Waals surface area contributed by atoms with Gasteiger partial charge in [-0.25, -0.2) is 9.82 Å². The van der Waals surface area contributed by atoms with Crippen LogP contribution in [-0.4, -0.2) is 39.7 Å². The van der Waals surface area contributed by atoms with E-state index in [4.69, 9.17) is 4.74 Å². The van der Waals surface area contributed by atoms with E-state index in [1.54, 1.807) is 25.3 Å². The summed E-state index contributed by atoms with van der Waals surface area (Å²) in [6.07, 6.45) is 1.27. The summed E-state index contributed by atoms with van der Waals surface area (Å²) in [7, 11) is 1.61. The third kappa shape index (κ3) is 5.45. The number of thioether (sulfide) groups is 1. The molecule has 0 aliphatic carbocycles. The molecule has 0 aliphatic rings. The van der Waals surface area contributed by atoms with Gasteiger partial charge in [0.1, 0.15) is 11.6 Å². The molecule has 7 nitrogen and oxygen atoms in total. The van der Waals surface area contributed by atoms with Gasteiger partial charge in [0.15, 0.2) is 11.0 Å². The van der Waals surface area contributed by atoms with Gasteiger partial charge >= 0.3 is 0 Å². The number of halogens is 1. The van der Waals surface area contributed by atoms with Crippen molar-refractivity contribution in [3.8, 4) is 22.8 Å². The molecule has 166 valence electrons. The van der Waals surface area contributed by atoms with Gasteiger partial charge in [0.05, 0.1) is 19.1 Å². The summed E-state index contributed by atoms with van der Waals surface area (Å²) in [5.74, 6) is 0.687. The summed E-state index contributed by atoms with van der Waals surface area (Å²) >= 11 is 1.23. The maximum atomic E-state index is 13.6. The first-order chi connectivity index (χ1) is 16.2. The minimum absolute atomic E-state index is 0.0577. The highest BCUT2D eigenvalue weighted by Crippen LogP contribution is 2.28. The van der Waals surface area contributed by atoms with Crippen LogP contribution in [0.3, 0.4) is 0 Å². The van der Waals surface area contributed by atoms with E-state index < -0.39 is 5.82 Å². The third-order valence-electron chi connectivity index (χ3n) is 4.63. The first kappa shape index (κ1) is 22.2. The van der Waals surface area contributed by atoms with Crippen LogP contribution in [0.1, 0.15) is 5.56 Å². The van der Waals surface area contributed by atoms with Crippen LogP contribution in [0.25, 0.3) is 17.1 Å². The van der Waals surface area contributed by atoms with Crippen LogP contribution in [0, 0.1) is 5.82 Å². The lowest BCUT2D eigenvalue weighted by atomic mass is 10.2. The summed E-state index contributed by atoms with van der Waals surface area (Å²) in [6, 6.07) is 23.4.